The lowest BCUT2D eigenvalue weighted by molar-refractivity contribution is 0.353. The minimum atomic E-state index is -0.228. The summed E-state index contributed by atoms with van der Waals surface area (Å²) in [5.74, 6) is 1.19. The van der Waals surface area contributed by atoms with E-state index in [1.54, 1.807) is 19.1 Å². The zero-order valence-electron chi connectivity index (χ0n) is 11.2. The van der Waals surface area contributed by atoms with E-state index in [9.17, 15) is 4.39 Å². The van der Waals surface area contributed by atoms with Gasteiger partial charge in [0.05, 0.1) is 0 Å². The van der Waals surface area contributed by atoms with E-state index in [1.165, 1.54) is 6.07 Å². The van der Waals surface area contributed by atoms with Crippen LogP contribution in [0.4, 0.5) is 4.39 Å². The van der Waals surface area contributed by atoms with Crippen molar-refractivity contribution in [2.45, 2.75) is 38.1 Å². The van der Waals surface area contributed by atoms with Gasteiger partial charge in [0, 0.05) is 17.5 Å². The Balaban J connectivity index is 0.00000147. The molecule has 2 N–H and O–H groups in total. The zero-order chi connectivity index (χ0) is 13.4. The third-order valence-corrected chi connectivity index (χ3v) is 3.68. The van der Waals surface area contributed by atoms with Gasteiger partial charge in [-0.05, 0) is 49.9 Å². The smallest absolute Gasteiger partial charge is 0.230 e. The van der Waals surface area contributed by atoms with Crippen molar-refractivity contribution < 1.29 is 8.91 Å². The van der Waals surface area contributed by atoms with Crippen molar-refractivity contribution in [1.82, 2.24) is 10.1 Å². The number of aromatic nitrogens is 2. The van der Waals surface area contributed by atoms with Gasteiger partial charge in [-0.15, -0.1) is 12.4 Å². The van der Waals surface area contributed by atoms with Crippen LogP contribution in [0, 0.1) is 12.7 Å². The van der Waals surface area contributed by atoms with E-state index in [1.807, 2.05) is 0 Å². The quantitative estimate of drug-likeness (QED) is 0.924. The van der Waals surface area contributed by atoms with Gasteiger partial charge < -0.3 is 10.3 Å². The van der Waals surface area contributed by atoms with Crippen molar-refractivity contribution in [2.75, 3.05) is 0 Å². The van der Waals surface area contributed by atoms with Gasteiger partial charge >= 0.3 is 0 Å². The predicted molar refractivity (Wildman–Crippen MR) is 76.2 cm³/mol. The predicted octanol–water partition coefficient (Wildman–Crippen LogP) is 3.20. The second-order valence-electron chi connectivity index (χ2n) is 5.19. The van der Waals surface area contributed by atoms with Crippen molar-refractivity contribution in [3.8, 4) is 11.4 Å². The average Bonchev–Trinajstić information content (AvgIpc) is 3.01. The number of hydrogen-bond donors (Lipinski definition) is 1. The molecule has 1 aliphatic rings. The van der Waals surface area contributed by atoms with Crippen molar-refractivity contribution in [3.05, 3.63) is 35.5 Å². The van der Waals surface area contributed by atoms with E-state index >= 15 is 0 Å². The molecule has 0 amide bonds. The summed E-state index contributed by atoms with van der Waals surface area (Å²) in [4.78, 5) is 4.41. The summed E-state index contributed by atoms with van der Waals surface area (Å²) in [6, 6.07) is 5.04. The lowest BCUT2D eigenvalue weighted by Gasteiger charge is -2.01. The molecule has 0 radical (unpaired) electrons. The minimum Gasteiger partial charge on any atom is -0.339 e. The van der Waals surface area contributed by atoms with E-state index in [4.69, 9.17) is 10.3 Å². The third kappa shape index (κ3) is 2.83. The Labute approximate surface area is 123 Å². The molecule has 0 saturated heterocycles. The van der Waals surface area contributed by atoms with Crippen LogP contribution in [0.2, 0.25) is 0 Å². The fraction of sp³-hybridized carbons (Fsp3) is 0.429. The maximum absolute atomic E-state index is 13.2. The van der Waals surface area contributed by atoms with Crippen LogP contribution in [-0.4, -0.2) is 16.2 Å². The van der Waals surface area contributed by atoms with Crippen molar-refractivity contribution >= 4 is 12.4 Å². The van der Waals surface area contributed by atoms with E-state index in [-0.39, 0.29) is 30.2 Å². The summed E-state index contributed by atoms with van der Waals surface area (Å²) in [5.41, 5.74) is 7.24. The van der Waals surface area contributed by atoms with E-state index < -0.39 is 0 Å². The van der Waals surface area contributed by atoms with Gasteiger partial charge in [-0.3, -0.25) is 0 Å². The maximum atomic E-state index is 13.2. The highest BCUT2D eigenvalue weighted by molar-refractivity contribution is 5.85. The molecular weight excluding hydrogens is 281 g/mol. The topological polar surface area (TPSA) is 64.9 Å². The highest BCUT2D eigenvalue weighted by atomic mass is 35.5. The molecule has 0 aliphatic heterocycles. The molecule has 2 atom stereocenters. The van der Waals surface area contributed by atoms with Gasteiger partial charge in [-0.25, -0.2) is 4.39 Å². The summed E-state index contributed by atoms with van der Waals surface area (Å²) in [6.07, 6.45) is 2.88. The van der Waals surface area contributed by atoms with Gasteiger partial charge in [0.1, 0.15) is 5.82 Å². The van der Waals surface area contributed by atoms with Crippen LogP contribution in [0.3, 0.4) is 0 Å². The first-order valence-electron chi connectivity index (χ1n) is 6.49. The number of halogens is 2. The van der Waals surface area contributed by atoms with Crippen LogP contribution in [-0.2, 0) is 0 Å². The summed E-state index contributed by atoms with van der Waals surface area (Å²) < 4.78 is 18.5. The van der Waals surface area contributed by atoms with Crippen molar-refractivity contribution in [2.24, 2.45) is 5.73 Å². The van der Waals surface area contributed by atoms with Gasteiger partial charge in [-0.2, -0.15) is 4.98 Å². The number of aryl methyl sites for hydroxylation is 1. The molecule has 6 heteroatoms. The molecule has 1 aliphatic carbocycles. The number of hydrogen-bond acceptors (Lipinski definition) is 4. The minimum absolute atomic E-state index is 0. The lowest BCUT2D eigenvalue weighted by atomic mass is 10.1. The van der Waals surface area contributed by atoms with Crippen LogP contribution in [0.1, 0.15) is 36.6 Å². The van der Waals surface area contributed by atoms with Crippen LogP contribution in [0.5, 0.6) is 0 Å². The van der Waals surface area contributed by atoms with Gasteiger partial charge in [0.15, 0.2) is 0 Å². The van der Waals surface area contributed by atoms with Gasteiger partial charge in [0.25, 0.3) is 0 Å². The first kappa shape index (κ1) is 14.9. The first-order valence-corrected chi connectivity index (χ1v) is 6.49. The molecular formula is C14H17ClFN3O. The first-order chi connectivity index (χ1) is 9.13. The Bertz CT molecular complexity index is 602. The second-order valence-corrected chi connectivity index (χ2v) is 5.19. The summed E-state index contributed by atoms with van der Waals surface area (Å²) >= 11 is 0. The Kier molecular flexibility index (Phi) is 4.40. The number of rotatable bonds is 2. The second kappa shape index (κ2) is 5.89. The number of nitrogens with two attached hydrogens (primary N) is 1. The molecule has 4 nitrogen and oxygen atoms in total. The molecule has 2 aromatic rings. The molecule has 3 rings (SSSR count). The van der Waals surface area contributed by atoms with Crippen molar-refractivity contribution in [1.29, 1.82) is 0 Å². The van der Waals surface area contributed by atoms with E-state index in [2.05, 4.69) is 10.1 Å². The molecule has 1 aromatic carbocycles. The fourth-order valence-corrected chi connectivity index (χ4v) is 2.54. The van der Waals surface area contributed by atoms with Gasteiger partial charge in [-0.1, -0.05) is 5.16 Å². The zero-order valence-corrected chi connectivity index (χ0v) is 12.0. The summed E-state index contributed by atoms with van der Waals surface area (Å²) in [6.45, 7) is 1.72. The summed E-state index contributed by atoms with van der Waals surface area (Å²) in [5, 5.41) is 3.98. The van der Waals surface area contributed by atoms with Crippen molar-refractivity contribution in [3.63, 3.8) is 0 Å². The van der Waals surface area contributed by atoms with Crippen LogP contribution < -0.4 is 5.73 Å². The number of nitrogens with zero attached hydrogens (tertiary/aromatic N) is 2. The molecule has 0 bridgehead atoms. The highest BCUT2D eigenvalue weighted by Gasteiger charge is 2.28. The normalized spacial score (nSPS) is 21.8. The monoisotopic (exact) mass is 297 g/mol. The molecule has 108 valence electrons. The fourth-order valence-electron chi connectivity index (χ4n) is 2.54. The highest BCUT2D eigenvalue weighted by Crippen LogP contribution is 2.33. The maximum Gasteiger partial charge on any atom is 0.230 e. The van der Waals surface area contributed by atoms with Crippen LogP contribution >= 0.6 is 12.4 Å². The molecule has 1 saturated carbocycles. The Hall–Kier alpha value is -1.46. The Morgan fingerprint density at radius 1 is 1.35 bits per heavy atom. The van der Waals surface area contributed by atoms with Crippen LogP contribution in [0.15, 0.2) is 22.7 Å². The molecule has 2 unspecified atom stereocenters. The van der Waals surface area contributed by atoms with Gasteiger partial charge in [0.2, 0.25) is 11.7 Å². The molecule has 0 spiro atoms. The summed E-state index contributed by atoms with van der Waals surface area (Å²) in [7, 11) is 0. The molecule has 1 fully saturated rings. The van der Waals surface area contributed by atoms with E-state index in [0.717, 1.165) is 24.8 Å². The molecule has 1 aromatic heterocycles. The Morgan fingerprint density at radius 3 is 2.80 bits per heavy atom. The largest absolute Gasteiger partial charge is 0.339 e. The SMILES string of the molecule is Cc1cc(-c2noc(C3CCC(N)C3)n2)ccc1F.Cl. The average molecular weight is 298 g/mol. The molecule has 1 heterocycles. The third-order valence-electron chi connectivity index (χ3n) is 3.68. The van der Waals surface area contributed by atoms with Crippen LogP contribution in [0.25, 0.3) is 11.4 Å². The standard InChI is InChI=1S/C14H16FN3O.ClH/c1-8-6-9(3-5-12(8)15)13-17-14(19-18-13)10-2-4-11(16)7-10;/h3,5-6,10-11H,2,4,7,16H2,1H3;1H. The Morgan fingerprint density at radius 2 is 2.15 bits per heavy atom. The molecule has 20 heavy (non-hydrogen) atoms. The number of benzene rings is 1. The van der Waals surface area contributed by atoms with E-state index in [0.29, 0.717) is 17.3 Å². The lowest BCUT2D eigenvalue weighted by Crippen LogP contribution is -2.14.